The fourth-order valence-corrected chi connectivity index (χ4v) is 0.711. The first-order valence-corrected chi connectivity index (χ1v) is 3.82. The van der Waals surface area contributed by atoms with E-state index in [0.717, 1.165) is 6.42 Å². The molecule has 0 aromatic heterocycles. The zero-order valence-corrected chi connectivity index (χ0v) is 7.18. The van der Waals surface area contributed by atoms with Gasteiger partial charge in [-0.05, 0) is 19.4 Å². The number of amides is 1. The third-order valence-corrected chi connectivity index (χ3v) is 1.14. The Hall–Kier alpha value is -1.05. The molecule has 0 heterocycles. The van der Waals surface area contributed by atoms with E-state index in [1.807, 2.05) is 19.9 Å². The molecule has 0 saturated heterocycles. The van der Waals surface area contributed by atoms with E-state index in [-0.39, 0.29) is 5.91 Å². The highest BCUT2D eigenvalue weighted by atomic mass is 16.1. The predicted molar refractivity (Wildman–Crippen MR) is 47.0 cm³/mol. The molecular formula is C9H15NO. The van der Waals surface area contributed by atoms with Gasteiger partial charge in [0.05, 0.1) is 0 Å². The second kappa shape index (κ2) is 5.71. The maximum atomic E-state index is 10.9. The lowest BCUT2D eigenvalue weighted by Crippen LogP contribution is -2.20. The Bertz CT molecular complexity index is 170. The normalized spacial score (nSPS) is 10.0. The van der Waals surface area contributed by atoms with Crippen LogP contribution < -0.4 is 5.32 Å². The fourth-order valence-electron chi connectivity index (χ4n) is 0.711. The van der Waals surface area contributed by atoms with Crippen molar-refractivity contribution in [3.8, 4) is 0 Å². The average molecular weight is 153 g/mol. The summed E-state index contributed by atoms with van der Waals surface area (Å²) in [6.07, 6.45) is 5.05. The maximum Gasteiger partial charge on any atom is 0.224 e. The van der Waals surface area contributed by atoms with E-state index in [0.29, 0.717) is 12.1 Å². The summed E-state index contributed by atoms with van der Waals surface area (Å²) in [6, 6.07) is 0. The lowest BCUT2D eigenvalue weighted by Gasteiger charge is -2.01. The molecular weight excluding hydrogens is 138 g/mol. The molecule has 2 nitrogen and oxygen atoms in total. The average Bonchev–Trinajstić information content (AvgIpc) is 1.87. The van der Waals surface area contributed by atoms with Crippen LogP contribution in [0.5, 0.6) is 0 Å². The van der Waals surface area contributed by atoms with Crippen LogP contribution in [-0.2, 0) is 4.79 Å². The van der Waals surface area contributed by atoms with Gasteiger partial charge in [-0.15, -0.1) is 0 Å². The zero-order valence-electron chi connectivity index (χ0n) is 7.18. The van der Waals surface area contributed by atoms with Crippen molar-refractivity contribution < 1.29 is 4.79 Å². The van der Waals surface area contributed by atoms with Crippen molar-refractivity contribution in [1.82, 2.24) is 5.32 Å². The summed E-state index contributed by atoms with van der Waals surface area (Å²) in [4.78, 5) is 10.9. The van der Waals surface area contributed by atoms with Crippen molar-refractivity contribution in [2.75, 3.05) is 0 Å². The molecule has 0 spiro atoms. The minimum Gasteiger partial charge on any atom is -0.327 e. The monoisotopic (exact) mass is 153 g/mol. The molecule has 2 heteroatoms. The number of carbonyl (C=O) groups is 1. The summed E-state index contributed by atoms with van der Waals surface area (Å²) in [6.45, 7) is 7.50. The molecule has 0 fully saturated rings. The zero-order chi connectivity index (χ0) is 8.69. The summed E-state index contributed by atoms with van der Waals surface area (Å²) in [5, 5.41) is 2.66. The maximum absolute atomic E-state index is 10.9. The highest BCUT2D eigenvalue weighted by Gasteiger charge is 1.97. The fraction of sp³-hybridized carbons (Fsp3) is 0.444. The third-order valence-electron chi connectivity index (χ3n) is 1.14. The molecule has 1 N–H and O–H groups in total. The first kappa shape index (κ1) is 9.95. The first-order chi connectivity index (χ1) is 5.20. The minimum atomic E-state index is 0.0376. The highest BCUT2D eigenvalue weighted by molar-refractivity contribution is 5.78. The molecule has 0 saturated carbocycles. The molecule has 0 bridgehead atoms. The van der Waals surface area contributed by atoms with Crippen molar-refractivity contribution in [1.29, 1.82) is 0 Å². The van der Waals surface area contributed by atoms with E-state index in [2.05, 4.69) is 11.9 Å². The minimum absolute atomic E-state index is 0.0376. The summed E-state index contributed by atoms with van der Waals surface area (Å²) >= 11 is 0. The molecule has 0 aliphatic rings. The Morgan fingerprint density at radius 3 is 2.73 bits per heavy atom. The molecule has 11 heavy (non-hydrogen) atoms. The van der Waals surface area contributed by atoms with Gasteiger partial charge < -0.3 is 5.32 Å². The van der Waals surface area contributed by atoms with Gasteiger partial charge >= 0.3 is 0 Å². The number of nitrogens with one attached hydrogen (secondary N) is 1. The molecule has 1 amide bonds. The molecule has 0 aromatic rings. The number of hydrogen-bond donors (Lipinski definition) is 1. The lowest BCUT2D eigenvalue weighted by molar-refractivity contribution is -0.120. The number of allylic oxidation sites excluding steroid dienone is 2. The largest absolute Gasteiger partial charge is 0.327 e. The van der Waals surface area contributed by atoms with Crippen molar-refractivity contribution in [2.45, 2.75) is 26.7 Å². The van der Waals surface area contributed by atoms with Crippen LogP contribution in [0.2, 0.25) is 0 Å². The van der Waals surface area contributed by atoms with Crippen LogP contribution >= 0.6 is 0 Å². The van der Waals surface area contributed by atoms with E-state index in [1.54, 1.807) is 6.08 Å². The van der Waals surface area contributed by atoms with E-state index in [9.17, 15) is 4.79 Å². The molecule has 0 rings (SSSR count). The van der Waals surface area contributed by atoms with Crippen molar-refractivity contribution in [3.63, 3.8) is 0 Å². The Kier molecular flexibility index (Phi) is 5.17. The van der Waals surface area contributed by atoms with Gasteiger partial charge in [0.1, 0.15) is 0 Å². The highest BCUT2D eigenvalue weighted by Crippen LogP contribution is 1.91. The van der Waals surface area contributed by atoms with E-state index in [4.69, 9.17) is 0 Å². The molecule has 0 aliphatic carbocycles. The third kappa shape index (κ3) is 5.40. The molecule has 0 radical (unpaired) electrons. The summed E-state index contributed by atoms with van der Waals surface area (Å²) in [5.74, 6) is 0.0376. The van der Waals surface area contributed by atoms with Crippen LogP contribution in [0, 0.1) is 0 Å². The standard InChI is InChI=1S/C9H15NO/c1-4-6-8(3)10-9(11)7-5-2/h4,6H,3,5,7H2,1-2H3,(H,10,11)/b6-4-. The van der Waals surface area contributed by atoms with Gasteiger partial charge in [0.25, 0.3) is 0 Å². The van der Waals surface area contributed by atoms with Crippen molar-refractivity contribution in [2.24, 2.45) is 0 Å². The van der Waals surface area contributed by atoms with E-state index >= 15 is 0 Å². The van der Waals surface area contributed by atoms with Crippen molar-refractivity contribution >= 4 is 5.91 Å². The Labute approximate surface area is 68.0 Å². The second-order valence-electron chi connectivity index (χ2n) is 2.32. The Morgan fingerprint density at radius 2 is 2.27 bits per heavy atom. The SMILES string of the molecule is C=C(/C=C\C)NC(=O)CCC. The molecule has 0 unspecified atom stereocenters. The van der Waals surface area contributed by atoms with Crippen LogP contribution in [0.3, 0.4) is 0 Å². The molecule has 0 aliphatic heterocycles. The second-order valence-corrected chi connectivity index (χ2v) is 2.32. The van der Waals surface area contributed by atoms with Crippen LogP contribution in [0.1, 0.15) is 26.7 Å². The van der Waals surface area contributed by atoms with Gasteiger partial charge in [-0.3, -0.25) is 4.79 Å². The Balaban J connectivity index is 3.66. The van der Waals surface area contributed by atoms with Gasteiger partial charge in [0.15, 0.2) is 0 Å². The number of rotatable bonds is 4. The van der Waals surface area contributed by atoms with Crippen LogP contribution in [0.4, 0.5) is 0 Å². The Morgan fingerprint density at radius 1 is 1.64 bits per heavy atom. The topological polar surface area (TPSA) is 29.1 Å². The quantitative estimate of drug-likeness (QED) is 0.615. The van der Waals surface area contributed by atoms with Gasteiger partial charge in [-0.2, -0.15) is 0 Å². The predicted octanol–water partition coefficient (Wildman–Crippen LogP) is 1.99. The smallest absolute Gasteiger partial charge is 0.224 e. The number of hydrogen-bond acceptors (Lipinski definition) is 1. The summed E-state index contributed by atoms with van der Waals surface area (Å²) in [5.41, 5.74) is 0.658. The first-order valence-electron chi connectivity index (χ1n) is 3.82. The number of carbonyl (C=O) groups excluding carboxylic acids is 1. The van der Waals surface area contributed by atoms with Crippen LogP contribution in [0.15, 0.2) is 24.4 Å². The lowest BCUT2D eigenvalue weighted by atomic mass is 10.3. The van der Waals surface area contributed by atoms with Gasteiger partial charge in [-0.25, -0.2) is 0 Å². The van der Waals surface area contributed by atoms with E-state index in [1.165, 1.54) is 0 Å². The molecule has 62 valence electrons. The van der Waals surface area contributed by atoms with Gasteiger partial charge in [-0.1, -0.05) is 19.6 Å². The van der Waals surface area contributed by atoms with Crippen molar-refractivity contribution in [3.05, 3.63) is 24.4 Å². The van der Waals surface area contributed by atoms with Crippen LogP contribution in [0.25, 0.3) is 0 Å². The van der Waals surface area contributed by atoms with Crippen LogP contribution in [-0.4, -0.2) is 5.91 Å². The van der Waals surface area contributed by atoms with E-state index < -0.39 is 0 Å². The molecule has 0 atom stereocenters. The summed E-state index contributed by atoms with van der Waals surface area (Å²) < 4.78 is 0. The molecule has 0 aromatic carbocycles. The van der Waals surface area contributed by atoms with Gasteiger partial charge in [0.2, 0.25) is 5.91 Å². The van der Waals surface area contributed by atoms with Gasteiger partial charge in [0, 0.05) is 12.1 Å². The summed E-state index contributed by atoms with van der Waals surface area (Å²) in [7, 11) is 0.